The Bertz CT molecular complexity index is 233. The molecule has 72 valence electrons. The number of hydrogen-bond acceptors (Lipinski definition) is 1. The molecular weight excluding hydrogens is 158 g/mol. The zero-order chi connectivity index (χ0) is 10.3. The Hall–Kier alpha value is -1.03. The van der Waals surface area contributed by atoms with Crippen LogP contribution >= 0.6 is 0 Å². The Balaban J connectivity index is 3.85. The average molecular weight is 177 g/mol. The van der Waals surface area contributed by atoms with Gasteiger partial charge in [0.15, 0.2) is 0 Å². The molecule has 0 aromatic heterocycles. The SMILES string of the molecule is C/C=C(C#N)\C=C/CCC(C)(C)C. The molecule has 0 aliphatic rings. The van der Waals surface area contributed by atoms with E-state index in [1.54, 1.807) is 0 Å². The first-order valence-electron chi connectivity index (χ1n) is 4.72. The minimum Gasteiger partial charge on any atom is -0.192 e. The van der Waals surface area contributed by atoms with Crippen LogP contribution in [0.2, 0.25) is 0 Å². The first kappa shape index (κ1) is 12.0. The van der Waals surface area contributed by atoms with Gasteiger partial charge < -0.3 is 0 Å². The summed E-state index contributed by atoms with van der Waals surface area (Å²) in [6.45, 7) is 8.55. The van der Waals surface area contributed by atoms with Gasteiger partial charge in [0.2, 0.25) is 0 Å². The van der Waals surface area contributed by atoms with Crippen molar-refractivity contribution in [2.45, 2.75) is 40.5 Å². The maximum atomic E-state index is 8.62. The first-order valence-corrected chi connectivity index (χ1v) is 4.72. The van der Waals surface area contributed by atoms with Crippen LogP contribution < -0.4 is 0 Å². The molecule has 0 aromatic carbocycles. The quantitative estimate of drug-likeness (QED) is 0.474. The van der Waals surface area contributed by atoms with Crippen LogP contribution in [0.5, 0.6) is 0 Å². The number of allylic oxidation sites excluding steroid dienone is 4. The van der Waals surface area contributed by atoms with Crippen molar-refractivity contribution in [1.29, 1.82) is 5.26 Å². The van der Waals surface area contributed by atoms with E-state index in [9.17, 15) is 0 Å². The van der Waals surface area contributed by atoms with Gasteiger partial charge in [-0.15, -0.1) is 0 Å². The Labute approximate surface area is 81.8 Å². The highest BCUT2D eigenvalue weighted by Gasteiger charge is 2.07. The summed E-state index contributed by atoms with van der Waals surface area (Å²) >= 11 is 0. The van der Waals surface area contributed by atoms with Gasteiger partial charge in [-0.1, -0.05) is 32.9 Å². The number of hydrogen-bond donors (Lipinski definition) is 0. The predicted molar refractivity (Wildman–Crippen MR) is 57.2 cm³/mol. The molecule has 0 N–H and O–H groups in total. The lowest BCUT2D eigenvalue weighted by Crippen LogP contribution is -2.02. The maximum Gasteiger partial charge on any atom is 0.0987 e. The molecule has 0 saturated heterocycles. The smallest absolute Gasteiger partial charge is 0.0987 e. The summed E-state index contributed by atoms with van der Waals surface area (Å²) < 4.78 is 0. The van der Waals surface area contributed by atoms with Crippen molar-refractivity contribution < 1.29 is 0 Å². The Morgan fingerprint density at radius 3 is 2.38 bits per heavy atom. The molecule has 1 heteroatoms. The number of nitrogens with zero attached hydrogens (tertiary/aromatic N) is 1. The molecule has 0 radical (unpaired) electrons. The standard InChI is InChI=1S/C12H19N/c1-5-11(10-13)8-6-7-9-12(2,3)4/h5-6,8H,7,9H2,1-4H3/b8-6-,11-5+. The second kappa shape index (κ2) is 5.59. The zero-order valence-electron chi connectivity index (χ0n) is 9.09. The average Bonchev–Trinajstić information content (AvgIpc) is 2.03. The zero-order valence-corrected chi connectivity index (χ0v) is 9.09. The largest absolute Gasteiger partial charge is 0.192 e. The van der Waals surface area contributed by atoms with Crippen LogP contribution in [0.4, 0.5) is 0 Å². The van der Waals surface area contributed by atoms with E-state index in [4.69, 9.17) is 5.26 Å². The van der Waals surface area contributed by atoms with Crippen LogP contribution in [-0.2, 0) is 0 Å². The third kappa shape index (κ3) is 7.33. The predicted octanol–water partition coefficient (Wildman–Crippen LogP) is 3.84. The molecule has 0 atom stereocenters. The number of rotatable bonds is 3. The molecule has 0 aliphatic heterocycles. The lowest BCUT2D eigenvalue weighted by molar-refractivity contribution is 0.381. The number of nitriles is 1. The molecule has 0 spiro atoms. The highest BCUT2D eigenvalue weighted by Crippen LogP contribution is 2.20. The summed E-state index contributed by atoms with van der Waals surface area (Å²) in [5.41, 5.74) is 1.13. The van der Waals surface area contributed by atoms with Gasteiger partial charge in [-0.05, 0) is 31.3 Å². The molecule has 0 saturated carbocycles. The highest BCUT2D eigenvalue weighted by molar-refractivity contribution is 5.31. The summed E-state index contributed by atoms with van der Waals surface area (Å²) in [4.78, 5) is 0. The second-order valence-corrected chi connectivity index (χ2v) is 4.36. The van der Waals surface area contributed by atoms with Crippen LogP contribution in [-0.4, -0.2) is 0 Å². The normalized spacial score (nSPS) is 13.3. The van der Waals surface area contributed by atoms with E-state index in [0.29, 0.717) is 5.41 Å². The monoisotopic (exact) mass is 177 g/mol. The van der Waals surface area contributed by atoms with E-state index < -0.39 is 0 Å². The van der Waals surface area contributed by atoms with E-state index in [1.807, 2.05) is 19.1 Å². The van der Waals surface area contributed by atoms with Gasteiger partial charge in [0, 0.05) is 5.57 Å². The highest BCUT2D eigenvalue weighted by atomic mass is 14.2. The summed E-state index contributed by atoms with van der Waals surface area (Å²) in [6, 6.07) is 2.12. The molecule has 0 bridgehead atoms. The molecular formula is C12H19N. The van der Waals surface area contributed by atoms with E-state index in [0.717, 1.165) is 18.4 Å². The van der Waals surface area contributed by atoms with E-state index in [2.05, 4.69) is 32.9 Å². The van der Waals surface area contributed by atoms with E-state index in [-0.39, 0.29) is 0 Å². The minimum atomic E-state index is 0.382. The second-order valence-electron chi connectivity index (χ2n) is 4.36. The van der Waals surface area contributed by atoms with Crippen LogP contribution in [0.15, 0.2) is 23.8 Å². The lowest BCUT2D eigenvalue weighted by atomic mass is 9.90. The third-order valence-electron chi connectivity index (χ3n) is 1.80. The topological polar surface area (TPSA) is 23.8 Å². The lowest BCUT2D eigenvalue weighted by Gasteiger charge is -2.15. The van der Waals surface area contributed by atoms with Crippen LogP contribution in [0.3, 0.4) is 0 Å². The fourth-order valence-corrected chi connectivity index (χ4v) is 0.925. The molecule has 0 aliphatic carbocycles. The van der Waals surface area contributed by atoms with Crippen molar-refractivity contribution >= 4 is 0 Å². The van der Waals surface area contributed by atoms with Crippen LogP contribution in [0.25, 0.3) is 0 Å². The van der Waals surface area contributed by atoms with Crippen LogP contribution in [0, 0.1) is 16.7 Å². The molecule has 0 amide bonds. The first-order chi connectivity index (χ1) is 5.99. The van der Waals surface area contributed by atoms with Crippen molar-refractivity contribution in [2.24, 2.45) is 5.41 Å². The van der Waals surface area contributed by atoms with Crippen molar-refractivity contribution in [1.82, 2.24) is 0 Å². The Kier molecular flexibility index (Phi) is 5.14. The van der Waals surface area contributed by atoms with Gasteiger partial charge in [-0.25, -0.2) is 0 Å². The van der Waals surface area contributed by atoms with E-state index >= 15 is 0 Å². The fourth-order valence-electron chi connectivity index (χ4n) is 0.925. The van der Waals surface area contributed by atoms with Crippen molar-refractivity contribution in [3.05, 3.63) is 23.8 Å². The summed E-state index contributed by atoms with van der Waals surface area (Å²) in [5.74, 6) is 0. The van der Waals surface area contributed by atoms with Crippen molar-refractivity contribution in [2.75, 3.05) is 0 Å². The van der Waals surface area contributed by atoms with Gasteiger partial charge >= 0.3 is 0 Å². The van der Waals surface area contributed by atoms with Gasteiger partial charge in [-0.2, -0.15) is 5.26 Å². The maximum absolute atomic E-state index is 8.62. The molecule has 0 heterocycles. The molecule has 0 aromatic rings. The van der Waals surface area contributed by atoms with Gasteiger partial charge in [0.25, 0.3) is 0 Å². The van der Waals surface area contributed by atoms with Crippen LogP contribution in [0.1, 0.15) is 40.5 Å². The van der Waals surface area contributed by atoms with E-state index in [1.165, 1.54) is 0 Å². The van der Waals surface area contributed by atoms with Gasteiger partial charge in [-0.3, -0.25) is 0 Å². The summed E-state index contributed by atoms with van der Waals surface area (Å²) in [7, 11) is 0. The van der Waals surface area contributed by atoms with Crippen molar-refractivity contribution in [3.63, 3.8) is 0 Å². The van der Waals surface area contributed by atoms with Gasteiger partial charge in [0.05, 0.1) is 6.07 Å². The molecule has 1 nitrogen and oxygen atoms in total. The van der Waals surface area contributed by atoms with Crippen molar-refractivity contribution in [3.8, 4) is 6.07 Å². The molecule has 0 unspecified atom stereocenters. The summed E-state index contributed by atoms with van der Waals surface area (Å²) in [5, 5.41) is 8.62. The Morgan fingerprint density at radius 2 is 2.00 bits per heavy atom. The summed E-state index contributed by atoms with van der Waals surface area (Å²) in [6.07, 6.45) is 8.00. The molecule has 0 rings (SSSR count). The molecule has 0 fully saturated rings. The minimum absolute atomic E-state index is 0.382. The third-order valence-corrected chi connectivity index (χ3v) is 1.80. The fraction of sp³-hybridized carbons (Fsp3) is 0.583. The van der Waals surface area contributed by atoms with Gasteiger partial charge in [0.1, 0.15) is 0 Å². The molecule has 13 heavy (non-hydrogen) atoms. The Morgan fingerprint density at radius 1 is 1.38 bits per heavy atom.